The topological polar surface area (TPSA) is 25.8 Å². The molecule has 13 heavy (non-hydrogen) atoms. The van der Waals surface area contributed by atoms with E-state index in [1.54, 1.807) is 0 Å². The summed E-state index contributed by atoms with van der Waals surface area (Å²) in [5.74, 6) is 0. The minimum atomic E-state index is 0.504. The monoisotopic (exact) mass is 256 g/mol. The molecule has 0 aliphatic rings. The third-order valence-corrected chi connectivity index (χ3v) is 2.83. The second kappa shape index (κ2) is 3.24. The molecule has 1 heterocycles. The van der Waals surface area contributed by atoms with Gasteiger partial charge in [0, 0.05) is 9.86 Å². The lowest BCUT2D eigenvalue weighted by Crippen LogP contribution is -1.87. The van der Waals surface area contributed by atoms with Crippen molar-refractivity contribution in [2.75, 3.05) is 0 Å². The van der Waals surface area contributed by atoms with Gasteiger partial charge in [-0.2, -0.15) is 0 Å². The van der Waals surface area contributed by atoms with Gasteiger partial charge in [-0.25, -0.2) is 9.97 Å². The molecule has 0 aliphatic carbocycles. The van der Waals surface area contributed by atoms with Crippen molar-refractivity contribution < 1.29 is 0 Å². The maximum Gasteiger partial charge on any atom is 0.140 e. The molecule has 0 amide bonds. The molecule has 2 nitrogen and oxygen atoms in total. The van der Waals surface area contributed by atoms with E-state index in [0.717, 1.165) is 20.9 Å². The molecule has 66 valence electrons. The van der Waals surface area contributed by atoms with Crippen LogP contribution < -0.4 is 0 Å². The van der Waals surface area contributed by atoms with Gasteiger partial charge in [0.15, 0.2) is 0 Å². The van der Waals surface area contributed by atoms with Gasteiger partial charge in [-0.1, -0.05) is 17.7 Å². The highest BCUT2D eigenvalue weighted by Crippen LogP contribution is 2.28. The molecule has 0 bridgehead atoms. The largest absolute Gasteiger partial charge is 0.235 e. The van der Waals surface area contributed by atoms with Crippen molar-refractivity contribution in [3.05, 3.63) is 33.6 Å². The van der Waals surface area contributed by atoms with Crippen LogP contribution in [0.1, 0.15) is 5.56 Å². The number of fused-ring (bicyclic) bond motifs is 1. The molecule has 2 rings (SSSR count). The molecule has 0 spiro atoms. The van der Waals surface area contributed by atoms with Gasteiger partial charge in [-0.05, 0) is 34.5 Å². The van der Waals surface area contributed by atoms with Crippen molar-refractivity contribution in [1.29, 1.82) is 0 Å². The van der Waals surface area contributed by atoms with Gasteiger partial charge >= 0.3 is 0 Å². The van der Waals surface area contributed by atoms with E-state index in [4.69, 9.17) is 11.6 Å². The van der Waals surface area contributed by atoms with Crippen molar-refractivity contribution in [1.82, 2.24) is 9.97 Å². The average molecular weight is 258 g/mol. The number of nitrogens with zero attached hydrogens (tertiary/aromatic N) is 2. The van der Waals surface area contributed by atoms with Crippen LogP contribution in [0.4, 0.5) is 0 Å². The van der Waals surface area contributed by atoms with Gasteiger partial charge in [-0.3, -0.25) is 0 Å². The van der Waals surface area contributed by atoms with Crippen LogP contribution in [-0.2, 0) is 0 Å². The summed E-state index contributed by atoms with van der Waals surface area (Å²) < 4.78 is 0.942. The van der Waals surface area contributed by atoms with Crippen LogP contribution in [0.15, 0.2) is 22.9 Å². The van der Waals surface area contributed by atoms with E-state index in [9.17, 15) is 0 Å². The quantitative estimate of drug-likeness (QED) is 0.676. The van der Waals surface area contributed by atoms with Gasteiger partial charge in [0.1, 0.15) is 11.5 Å². The summed E-state index contributed by atoms with van der Waals surface area (Å²) in [6.07, 6.45) is 1.47. The molecule has 0 N–H and O–H groups in total. The first kappa shape index (κ1) is 8.91. The molecule has 0 aliphatic heterocycles. The Morgan fingerprint density at radius 2 is 2.08 bits per heavy atom. The highest BCUT2D eigenvalue weighted by Gasteiger charge is 2.06. The van der Waals surface area contributed by atoms with E-state index in [0.29, 0.717) is 5.15 Å². The van der Waals surface area contributed by atoms with E-state index >= 15 is 0 Å². The number of halogens is 2. The van der Waals surface area contributed by atoms with Gasteiger partial charge in [0.05, 0.1) is 5.52 Å². The Morgan fingerprint density at radius 1 is 1.31 bits per heavy atom. The van der Waals surface area contributed by atoms with Gasteiger partial charge in [-0.15, -0.1) is 0 Å². The summed E-state index contributed by atoms with van der Waals surface area (Å²) in [5, 5.41) is 1.42. The minimum Gasteiger partial charge on any atom is -0.235 e. The lowest BCUT2D eigenvalue weighted by Gasteiger charge is -2.03. The third-order valence-electron chi connectivity index (χ3n) is 1.90. The first-order valence-corrected chi connectivity index (χ1v) is 4.92. The summed E-state index contributed by atoms with van der Waals surface area (Å²) in [4.78, 5) is 8.10. The number of rotatable bonds is 0. The predicted molar refractivity (Wildman–Crippen MR) is 57.0 cm³/mol. The van der Waals surface area contributed by atoms with Crippen LogP contribution in [0.2, 0.25) is 5.15 Å². The smallest absolute Gasteiger partial charge is 0.140 e. The van der Waals surface area contributed by atoms with Crippen LogP contribution in [0.25, 0.3) is 10.9 Å². The summed E-state index contributed by atoms with van der Waals surface area (Å²) in [7, 11) is 0. The molecular formula is C9H6BrClN2. The number of hydrogen-bond donors (Lipinski definition) is 0. The Kier molecular flexibility index (Phi) is 2.22. The zero-order valence-electron chi connectivity index (χ0n) is 6.88. The summed E-state index contributed by atoms with van der Waals surface area (Å²) >= 11 is 9.38. The molecule has 2 aromatic rings. The Balaban J connectivity index is 3.00. The Labute approximate surface area is 89.1 Å². The van der Waals surface area contributed by atoms with Crippen LogP contribution in [0.5, 0.6) is 0 Å². The van der Waals surface area contributed by atoms with E-state index in [-0.39, 0.29) is 0 Å². The van der Waals surface area contributed by atoms with Crippen molar-refractivity contribution in [2.24, 2.45) is 0 Å². The van der Waals surface area contributed by atoms with Gasteiger partial charge in [0.2, 0.25) is 0 Å². The maximum atomic E-state index is 5.96. The van der Waals surface area contributed by atoms with E-state index < -0.39 is 0 Å². The van der Waals surface area contributed by atoms with Crippen molar-refractivity contribution >= 4 is 38.4 Å². The number of aromatic nitrogens is 2. The zero-order valence-corrected chi connectivity index (χ0v) is 9.22. The molecule has 0 atom stereocenters. The SMILES string of the molecule is Cc1ccc(Br)c2ncnc(Cl)c12. The van der Waals surface area contributed by atoms with Crippen LogP contribution in [-0.4, -0.2) is 9.97 Å². The fraction of sp³-hybridized carbons (Fsp3) is 0.111. The second-order valence-electron chi connectivity index (χ2n) is 2.75. The second-order valence-corrected chi connectivity index (χ2v) is 3.96. The maximum absolute atomic E-state index is 5.96. The fourth-order valence-corrected chi connectivity index (χ4v) is 1.97. The Morgan fingerprint density at radius 3 is 2.77 bits per heavy atom. The molecule has 0 saturated heterocycles. The number of hydrogen-bond acceptors (Lipinski definition) is 2. The predicted octanol–water partition coefficient (Wildman–Crippen LogP) is 3.35. The molecule has 0 radical (unpaired) electrons. The lowest BCUT2D eigenvalue weighted by atomic mass is 10.1. The first-order chi connectivity index (χ1) is 6.20. The van der Waals surface area contributed by atoms with Crippen LogP contribution in [0, 0.1) is 6.92 Å². The highest BCUT2D eigenvalue weighted by atomic mass is 79.9. The van der Waals surface area contributed by atoms with Crippen LogP contribution in [0.3, 0.4) is 0 Å². The molecule has 4 heteroatoms. The zero-order chi connectivity index (χ0) is 9.42. The van der Waals surface area contributed by atoms with Gasteiger partial charge in [0.25, 0.3) is 0 Å². The first-order valence-electron chi connectivity index (χ1n) is 3.75. The highest BCUT2D eigenvalue weighted by molar-refractivity contribution is 9.10. The summed E-state index contributed by atoms with van der Waals surface area (Å²) in [5.41, 5.74) is 1.95. The third kappa shape index (κ3) is 1.42. The molecule has 1 aromatic heterocycles. The molecule has 0 fully saturated rings. The molecule has 1 aromatic carbocycles. The molecule has 0 saturated carbocycles. The van der Waals surface area contributed by atoms with Crippen molar-refractivity contribution in [3.8, 4) is 0 Å². The van der Waals surface area contributed by atoms with E-state index in [1.807, 2.05) is 19.1 Å². The number of aryl methyl sites for hydroxylation is 1. The van der Waals surface area contributed by atoms with E-state index in [1.165, 1.54) is 6.33 Å². The summed E-state index contributed by atoms with van der Waals surface area (Å²) in [6.45, 7) is 1.99. The Hall–Kier alpha value is -0.670. The lowest BCUT2D eigenvalue weighted by molar-refractivity contribution is 1.21. The van der Waals surface area contributed by atoms with Crippen molar-refractivity contribution in [3.63, 3.8) is 0 Å². The summed E-state index contributed by atoms with van der Waals surface area (Å²) in [6, 6.07) is 3.95. The number of benzene rings is 1. The van der Waals surface area contributed by atoms with Gasteiger partial charge < -0.3 is 0 Å². The molecule has 0 unspecified atom stereocenters. The molecular weight excluding hydrogens is 251 g/mol. The normalized spacial score (nSPS) is 10.7. The van der Waals surface area contributed by atoms with E-state index in [2.05, 4.69) is 25.9 Å². The average Bonchev–Trinajstić information content (AvgIpc) is 2.12. The van der Waals surface area contributed by atoms with Crippen LogP contribution >= 0.6 is 27.5 Å². The minimum absolute atomic E-state index is 0.504. The van der Waals surface area contributed by atoms with Crippen molar-refractivity contribution in [2.45, 2.75) is 6.92 Å². The standard InChI is InChI=1S/C9H6BrClN2/c1-5-2-3-6(10)8-7(5)9(11)13-4-12-8/h2-4H,1H3. The Bertz CT molecular complexity index is 462. The fourth-order valence-electron chi connectivity index (χ4n) is 1.26.